The number of piperazine rings is 1. The van der Waals surface area contributed by atoms with Crippen LogP contribution in [0.2, 0.25) is 0 Å². The second kappa shape index (κ2) is 7.10. The van der Waals surface area contributed by atoms with Gasteiger partial charge in [-0.05, 0) is 24.3 Å². The zero-order valence-electron chi connectivity index (χ0n) is 14.0. The Morgan fingerprint density at radius 3 is 2.08 bits per heavy atom. The fourth-order valence-corrected chi connectivity index (χ4v) is 3.14. The molecule has 0 unspecified atom stereocenters. The number of furan rings is 1. The van der Waals surface area contributed by atoms with Gasteiger partial charge < -0.3 is 23.9 Å². The number of hydrogen-bond acceptors (Lipinski definition) is 7. The Hall–Kier alpha value is -2.61. The van der Waals surface area contributed by atoms with E-state index in [1.165, 1.54) is 6.26 Å². The monoisotopic (exact) mass is 343 g/mol. The number of ether oxygens (including phenoxy) is 1. The Morgan fingerprint density at radius 2 is 1.52 bits per heavy atom. The highest BCUT2D eigenvalue weighted by Gasteiger charge is 2.24. The summed E-state index contributed by atoms with van der Waals surface area (Å²) in [6.45, 7) is 5.92. The highest BCUT2D eigenvalue weighted by Crippen LogP contribution is 2.18. The van der Waals surface area contributed by atoms with Crippen molar-refractivity contribution >= 4 is 17.5 Å². The van der Waals surface area contributed by atoms with Gasteiger partial charge in [0.05, 0.1) is 19.5 Å². The van der Waals surface area contributed by atoms with Crippen LogP contribution in [0.15, 0.2) is 34.9 Å². The normalized spacial score (nSPS) is 18.5. The van der Waals surface area contributed by atoms with Gasteiger partial charge in [0.1, 0.15) is 0 Å². The number of carbonyl (C=O) groups is 1. The number of aromatic nitrogens is 2. The predicted octanol–water partition coefficient (Wildman–Crippen LogP) is 0.869. The quantitative estimate of drug-likeness (QED) is 0.818. The summed E-state index contributed by atoms with van der Waals surface area (Å²) in [5.74, 6) is 2.07. The van der Waals surface area contributed by atoms with E-state index in [1.54, 1.807) is 12.1 Å². The molecule has 1 amide bonds. The summed E-state index contributed by atoms with van der Waals surface area (Å²) < 4.78 is 10.5. The van der Waals surface area contributed by atoms with Crippen LogP contribution in [0.3, 0.4) is 0 Å². The van der Waals surface area contributed by atoms with Crippen molar-refractivity contribution in [3.05, 3.63) is 36.3 Å². The van der Waals surface area contributed by atoms with Crippen molar-refractivity contribution in [1.82, 2.24) is 15.1 Å². The smallest absolute Gasteiger partial charge is 0.289 e. The van der Waals surface area contributed by atoms with Crippen LogP contribution in [-0.4, -0.2) is 73.5 Å². The third-order valence-electron chi connectivity index (χ3n) is 4.59. The van der Waals surface area contributed by atoms with Gasteiger partial charge in [0.15, 0.2) is 17.4 Å². The molecule has 0 radical (unpaired) electrons. The Labute approximate surface area is 146 Å². The lowest BCUT2D eigenvalue weighted by Gasteiger charge is -2.35. The molecule has 4 rings (SSSR count). The molecule has 0 atom stereocenters. The van der Waals surface area contributed by atoms with Crippen LogP contribution in [-0.2, 0) is 4.74 Å². The minimum Gasteiger partial charge on any atom is -0.459 e. The van der Waals surface area contributed by atoms with Gasteiger partial charge in [-0.15, -0.1) is 10.2 Å². The summed E-state index contributed by atoms with van der Waals surface area (Å²) >= 11 is 0. The number of carbonyl (C=O) groups excluding carboxylic acids is 1. The van der Waals surface area contributed by atoms with E-state index in [0.717, 1.165) is 51.0 Å². The number of anilines is 2. The molecule has 2 saturated heterocycles. The zero-order valence-corrected chi connectivity index (χ0v) is 14.0. The third-order valence-corrected chi connectivity index (χ3v) is 4.59. The largest absolute Gasteiger partial charge is 0.459 e. The summed E-state index contributed by atoms with van der Waals surface area (Å²) in [6, 6.07) is 7.44. The lowest BCUT2D eigenvalue weighted by Crippen LogP contribution is -2.49. The van der Waals surface area contributed by atoms with Crippen LogP contribution in [0.5, 0.6) is 0 Å². The number of hydrogen-bond donors (Lipinski definition) is 0. The van der Waals surface area contributed by atoms with Crippen LogP contribution in [0.4, 0.5) is 11.6 Å². The van der Waals surface area contributed by atoms with Gasteiger partial charge in [-0.25, -0.2) is 0 Å². The first-order valence-corrected chi connectivity index (χ1v) is 8.55. The lowest BCUT2D eigenvalue weighted by molar-refractivity contribution is 0.0714. The molecule has 2 aromatic rings. The number of amides is 1. The van der Waals surface area contributed by atoms with Crippen LogP contribution in [0.1, 0.15) is 10.6 Å². The van der Waals surface area contributed by atoms with Gasteiger partial charge in [-0.2, -0.15) is 0 Å². The average Bonchev–Trinajstić information content (AvgIpc) is 3.23. The maximum Gasteiger partial charge on any atom is 0.289 e. The van der Waals surface area contributed by atoms with Gasteiger partial charge in [-0.3, -0.25) is 4.79 Å². The summed E-state index contributed by atoms with van der Waals surface area (Å²) in [7, 11) is 0. The first kappa shape index (κ1) is 15.9. The summed E-state index contributed by atoms with van der Waals surface area (Å²) in [5, 5.41) is 8.72. The van der Waals surface area contributed by atoms with E-state index in [9.17, 15) is 4.79 Å². The van der Waals surface area contributed by atoms with E-state index in [2.05, 4.69) is 20.0 Å². The molecule has 8 nitrogen and oxygen atoms in total. The second-order valence-corrected chi connectivity index (χ2v) is 6.11. The molecule has 0 spiro atoms. The maximum atomic E-state index is 12.3. The Balaban J connectivity index is 1.35. The third kappa shape index (κ3) is 3.43. The Bertz CT molecular complexity index is 690. The van der Waals surface area contributed by atoms with Gasteiger partial charge in [0, 0.05) is 39.3 Å². The van der Waals surface area contributed by atoms with Gasteiger partial charge in [-0.1, -0.05) is 0 Å². The van der Waals surface area contributed by atoms with Crippen LogP contribution < -0.4 is 9.80 Å². The number of rotatable bonds is 3. The lowest BCUT2D eigenvalue weighted by atomic mass is 10.2. The predicted molar refractivity (Wildman–Crippen MR) is 91.9 cm³/mol. The number of nitrogens with zero attached hydrogens (tertiary/aromatic N) is 5. The topological polar surface area (TPSA) is 74.9 Å². The average molecular weight is 343 g/mol. The Kier molecular flexibility index (Phi) is 4.51. The van der Waals surface area contributed by atoms with Crippen molar-refractivity contribution < 1.29 is 13.9 Å². The molecule has 2 aromatic heterocycles. The summed E-state index contributed by atoms with van der Waals surface area (Å²) in [6.07, 6.45) is 1.52. The molecule has 2 fully saturated rings. The van der Waals surface area contributed by atoms with Crippen LogP contribution in [0, 0.1) is 0 Å². The summed E-state index contributed by atoms with van der Waals surface area (Å²) in [5.41, 5.74) is 0. The zero-order chi connectivity index (χ0) is 17.1. The molecular weight excluding hydrogens is 322 g/mol. The molecule has 25 heavy (non-hydrogen) atoms. The second-order valence-electron chi connectivity index (χ2n) is 6.11. The fourth-order valence-electron chi connectivity index (χ4n) is 3.14. The molecule has 0 aromatic carbocycles. The van der Waals surface area contributed by atoms with Crippen molar-refractivity contribution in [2.75, 3.05) is 62.3 Å². The van der Waals surface area contributed by atoms with Gasteiger partial charge in [0.25, 0.3) is 5.91 Å². The highest BCUT2D eigenvalue weighted by molar-refractivity contribution is 5.91. The van der Waals surface area contributed by atoms with E-state index in [-0.39, 0.29) is 5.91 Å². The molecule has 0 bridgehead atoms. The minimum atomic E-state index is -0.0570. The first-order valence-electron chi connectivity index (χ1n) is 8.55. The number of morpholine rings is 1. The molecule has 0 N–H and O–H groups in total. The fraction of sp³-hybridized carbons (Fsp3) is 0.471. The van der Waals surface area contributed by atoms with E-state index < -0.39 is 0 Å². The van der Waals surface area contributed by atoms with E-state index in [0.29, 0.717) is 18.8 Å². The van der Waals surface area contributed by atoms with E-state index in [4.69, 9.17) is 9.15 Å². The van der Waals surface area contributed by atoms with Crippen LogP contribution >= 0.6 is 0 Å². The molecule has 0 saturated carbocycles. The summed E-state index contributed by atoms with van der Waals surface area (Å²) in [4.78, 5) is 18.4. The molecule has 0 aliphatic carbocycles. The minimum absolute atomic E-state index is 0.0570. The van der Waals surface area contributed by atoms with Crippen molar-refractivity contribution in [2.24, 2.45) is 0 Å². The molecule has 2 aliphatic heterocycles. The first-order chi connectivity index (χ1) is 12.3. The van der Waals surface area contributed by atoms with E-state index >= 15 is 0 Å². The molecular formula is C17H21N5O3. The van der Waals surface area contributed by atoms with Crippen molar-refractivity contribution in [1.29, 1.82) is 0 Å². The van der Waals surface area contributed by atoms with Gasteiger partial charge in [0.2, 0.25) is 0 Å². The standard InChI is InChI=1S/C17H21N5O3/c23-17(14-2-1-11-25-14)22-7-5-20(6-8-22)15-3-4-16(19-18-15)21-9-12-24-13-10-21/h1-4,11H,5-10,12-13H2. The SMILES string of the molecule is O=C(c1ccco1)N1CCN(c2ccc(N3CCOCC3)nn2)CC1. The highest BCUT2D eigenvalue weighted by atomic mass is 16.5. The molecule has 8 heteroatoms. The van der Waals surface area contributed by atoms with Crippen molar-refractivity contribution in [3.8, 4) is 0 Å². The van der Waals surface area contributed by atoms with E-state index in [1.807, 2.05) is 17.0 Å². The van der Waals surface area contributed by atoms with Crippen molar-refractivity contribution in [2.45, 2.75) is 0 Å². The molecule has 132 valence electrons. The molecule has 4 heterocycles. The van der Waals surface area contributed by atoms with Gasteiger partial charge >= 0.3 is 0 Å². The van der Waals surface area contributed by atoms with Crippen molar-refractivity contribution in [3.63, 3.8) is 0 Å². The maximum absolute atomic E-state index is 12.3. The Morgan fingerprint density at radius 1 is 0.880 bits per heavy atom. The van der Waals surface area contributed by atoms with Crippen LogP contribution in [0.25, 0.3) is 0 Å². The molecule has 2 aliphatic rings.